The summed E-state index contributed by atoms with van der Waals surface area (Å²) < 4.78 is 0. The number of anilines is 1. The van der Waals surface area contributed by atoms with E-state index in [-0.39, 0.29) is 5.91 Å². The van der Waals surface area contributed by atoms with Crippen molar-refractivity contribution in [2.24, 2.45) is 0 Å². The number of rotatable bonds is 2. The summed E-state index contributed by atoms with van der Waals surface area (Å²) in [5.41, 5.74) is 8.06. The van der Waals surface area contributed by atoms with Crippen LogP contribution in [0.2, 0.25) is 0 Å². The molecule has 3 aromatic heterocycles. The second-order valence-electron chi connectivity index (χ2n) is 5.23. The zero-order valence-corrected chi connectivity index (χ0v) is 13.7. The Morgan fingerprint density at radius 2 is 2.22 bits per heavy atom. The van der Waals surface area contributed by atoms with Crippen LogP contribution in [0.1, 0.15) is 21.7 Å². The molecule has 6 nitrogen and oxygen atoms in total. The van der Waals surface area contributed by atoms with Crippen LogP contribution in [0.15, 0.2) is 29.0 Å². The van der Waals surface area contributed by atoms with E-state index in [0.29, 0.717) is 31.0 Å². The Kier molecular flexibility index (Phi) is 3.55. The number of amides is 1. The van der Waals surface area contributed by atoms with Gasteiger partial charge < -0.3 is 10.6 Å². The number of carbonyl (C=O) groups excluding carboxylic acids is 1. The minimum absolute atomic E-state index is 0.0508. The second kappa shape index (κ2) is 5.71. The number of nitrogens with zero attached hydrogens (tertiary/aromatic N) is 4. The topological polar surface area (TPSA) is 85.0 Å². The van der Waals surface area contributed by atoms with Crippen LogP contribution in [-0.4, -0.2) is 32.5 Å². The van der Waals surface area contributed by atoms with Crippen LogP contribution in [-0.2, 0) is 13.0 Å². The minimum atomic E-state index is -0.0508. The smallest absolute Gasteiger partial charge is 0.273 e. The first-order valence-corrected chi connectivity index (χ1v) is 8.86. The van der Waals surface area contributed by atoms with Crippen LogP contribution >= 0.6 is 22.7 Å². The molecule has 4 heterocycles. The van der Waals surface area contributed by atoms with Gasteiger partial charge in [-0.05, 0) is 23.1 Å². The number of thiophene rings is 1. The van der Waals surface area contributed by atoms with E-state index in [2.05, 4.69) is 15.2 Å². The Morgan fingerprint density at radius 1 is 1.30 bits per heavy atom. The summed E-state index contributed by atoms with van der Waals surface area (Å²) in [4.78, 5) is 20.0. The SMILES string of the molecule is Nc1cc2c(nn1)CCN(C(=O)c1csc(-c3cccs3)n1)C2. The van der Waals surface area contributed by atoms with Crippen molar-refractivity contribution >= 4 is 34.4 Å². The normalized spacial score (nSPS) is 13.8. The van der Waals surface area contributed by atoms with Gasteiger partial charge in [0.05, 0.1) is 10.6 Å². The fourth-order valence-electron chi connectivity index (χ4n) is 2.57. The summed E-state index contributed by atoms with van der Waals surface area (Å²) in [6.07, 6.45) is 0.691. The van der Waals surface area contributed by atoms with Gasteiger partial charge in [-0.3, -0.25) is 4.79 Å². The van der Waals surface area contributed by atoms with Gasteiger partial charge in [-0.1, -0.05) is 6.07 Å². The lowest BCUT2D eigenvalue weighted by atomic mass is 10.1. The van der Waals surface area contributed by atoms with Crippen molar-refractivity contribution in [1.82, 2.24) is 20.1 Å². The number of nitrogen functional groups attached to an aromatic ring is 1. The first kappa shape index (κ1) is 14.3. The maximum atomic E-state index is 12.7. The van der Waals surface area contributed by atoms with Gasteiger partial charge in [-0.25, -0.2) is 4.98 Å². The summed E-state index contributed by atoms with van der Waals surface area (Å²) in [6, 6.07) is 5.78. The molecular formula is C15H13N5OS2. The molecule has 0 spiro atoms. The third-order valence-corrected chi connectivity index (χ3v) is 5.58. The first-order chi connectivity index (χ1) is 11.2. The number of thiazole rings is 1. The maximum absolute atomic E-state index is 12.7. The van der Waals surface area contributed by atoms with Gasteiger partial charge in [0.1, 0.15) is 16.5 Å². The zero-order valence-electron chi connectivity index (χ0n) is 12.1. The lowest BCUT2D eigenvalue weighted by Gasteiger charge is -2.27. The number of hydrogen-bond donors (Lipinski definition) is 1. The second-order valence-corrected chi connectivity index (χ2v) is 7.04. The molecule has 0 saturated heterocycles. The van der Waals surface area contributed by atoms with Crippen LogP contribution in [0, 0.1) is 0 Å². The minimum Gasteiger partial charge on any atom is -0.382 e. The average molecular weight is 343 g/mol. The van der Waals surface area contributed by atoms with Crippen molar-refractivity contribution in [3.8, 4) is 9.88 Å². The molecule has 8 heteroatoms. The van der Waals surface area contributed by atoms with Crippen molar-refractivity contribution in [3.63, 3.8) is 0 Å². The summed E-state index contributed by atoms with van der Waals surface area (Å²) in [5.74, 6) is 0.330. The van der Waals surface area contributed by atoms with E-state index >= 15 is 0 Å². The van der Waals surface area contributed by atoms with Crippen molar-refractivity contribution < 1.29 is 4.79 Å². The van der Waals surface area contributed by atoms with E-state index in [1.54, 1.807) is 22.3 Å². The Labute approximate surface area is 140 Å². The number of nitrogens with two attached hydrogens (primary N) is 1. The van der Waals surface area contributed by atoms with E-state index in [1.165, 1.54) is 11.3 Å². The van der Waals surface area contributed by atoms with E-state index in [4.69, 9.17) is 5.73 Å². The number of hydrogen-bond acceptors (Lipinski definition) is 7. The summed E-state index contributed by atoms with van der Waals surface area (Å²) >= 11 is 3.12. The Hall–Kier alpha value is -2.32. The Balaban J connectivity index is 1.56. The first-order valence-electron chi connectivity index (χ1n) is 7.10. The van der Waals surface area contributed by atoms with Gasteiger partial charge in [-0.15, -0.1) is 27.8 Å². The summed E-state index contributed by atoms with van der Waals surface area (Å²) in [7, 11) is 0. The van der Waals surface area contributed by atoms with Crippen LogP contribution in [0.4, 0.5) is 5.82 Å². The molecule has 0 fully saturated rings. The highest BCUT2D eigenvalue weighted by Gasteiger charge is 2.25. The molecular weight excluding hydrogens is 330 g/mol. The molecule has 0 radical (unpaired) electrons. The molecule has 0 aliphatic carbocycles. The largest absolute Gasteiger partial charge is 0.382 e. The fourth-order valence-corrected chi connectivity index (χ4v) is 4.17. The van der Waals surface area contributed by atoms with Gasteiger partial charge in [0.25, 0.3) is 5.91 Å². The third-order valence-electron chi connectivity index (χ3n) is 3.70. The molecule has 1 aliphatic rings. The van der Waals surface area contributed by atoms with Crippen LogP contribution in [0.25, 0.3) is 9.88 Å². The number of carbonyl (C=O) groups is 1. The molecule has 4 rings (SSSR count). The number of aromatic nitrogens is 3. The van der Waals surface area contributed by atoms with Crippen LogP contribution < -0.4 is 5.73 Å². The van der Waals surface area contributed by atoms with Crippen LogP contribution in [0.5, 0.6) is 0 Å². The summed E-state index contributed by atoms with van der Waals surface area (Å²) in [5, 5.41) is 12.7. The third kappa shape index (κ3) is 2.71. The van der Waals surface area contributed by atoms with E-state index in [9.17, 15) is 4.79 Å². The molecule has 3 aromatic rings. The van der Waals surface area contributed by atoms with Crippen molar-refractivity contribution in [2.45, 2.75) is 13.0 Å². The van der Waals surface area contributed by atoms with Gasteiger partial charge in [-0.2, -0.15) is 5.10 Å². The molecule has 2 N–H and O–H groups in total. The lowest BCUT2D eigenvalue weighted by Crippen LogP contribution is -2.36. The molecule has 0 unspecified atom stereocenters. The molecule has 0 atom stereocenters. The predicted molar refractivity (Wildman–Crippen MR) is 90.3 cm³/mol. The molecule has 116 valence electrons. The van der Waals surface area contributed by atoms with Crippen molar-refractivity contribution in [3.05, 3.63) is 45.9 Å². The van der Waals surface area contributed by atoms with E-state index in [0.717, 1.165) is 21.1 Å². The number of fused-ring (bicyclic) bond motifs is 1. The standard InChI is InChI=1S/C15H13N5OS2/c16-13-6-9-7-20(4-3-10(9)18-19-13)15(21)11-8-23-14(17-11)12-2-1-5-22-12/h1-2,5-6,8H,3-4,7H2,(H2,16,19). The Morgan fingerprint density at radius 3 is 3.04 bits per heavy atom. The lowest BCUT2D eigenvalue weighted by molar-refractivity contribution is 0.0728. The highest BCUT2D eigenvalue weighted by molar-refractivity contribution is 7.20. The highest BCUT2D eigenvalue weighted by atomic mass is 32.1. The molecule has 0 saturated carbocycles. The highest BCUT2D eigenvalue weighted by Crippen LogP contribution is 2.28. The molecule has 23 heavy (non-hydrogen) atoms. The zero-order chi connectivity index (χ0) is 15.8. The van der Waals surface area contributed by atoms with Crippen molar-refractivity contribution in [2.75, 3.05) is 12.3 Å². The van der Waals surface area contributed by atoms with Gasteiger partial charge in [0, 0.05) is 24.9 Å². The molecule has 1 amide bonds. The van der Waals surface area contributed by atoms with E-state index < -0.39 is 0 Å². The maximum Gasteiger partial charge on any atom is 0.273 e. The Bertz CT molecular complexity index is 859. The molecule has 0 bridgehead atoms. The summed E-state index contributed by atoms with van der Waals surface area (Å²) in [6.45, 7) is 1.12. The van der Waals surface area contributed by atoms with Gasteiger partial charge >= 0.3 is 0 Å². The van der Waals surface area contributed by atoms with Gasteiger partial charge in [0.2, 0.25) is 0 Å². The van der Waals surface area contributed by atoms with Crippen molar-refractivity contribution in [1.29, 1.82) is 0 Å². The molecule has 0 aromatic carbocycles. The van der Waals surface area contributed by atoms with Gasteiger partial charge in [0.15, 0.2) is 0 Å². The molecule has 1 aliphatic heterocycles. The quantitative estimate of drug-likeness (QED) is 0.772. The van der Waals surface area contributed by atoms with E-state index in [1.807, 2.05) is 22.9 Å². The average Bonchev–Trinajstić information content (AvgIpc) is 3.24. The van der Waals surface area contributed by atoms with Crippen LogP contribution in [0.3, 0.4) is 0 Å². The predicted octanol–water partition coefficient (Wildman–Crippen LogP) is 2.44. The monoisotopic (exact) mass is 343 g/mol. The fraction of sp³-hybridized carbons (Fsp3) is 0.200.